The number of pyridine rings is 2. The van der Waals surface area contributed by atoms with Crippen LogP contribution >= 0.6 is 0 Å². The summed E-state index contributed by atoms with van der Waals surface area (Å²) in [6.07, 6.45) is 2.66. The van der Waals surface area contributed by atoms with Gasteiger partial charge in [-0.05, 0) is 32.9 Å². The molecule has 3 aromatic heterocycles. The molecule has 3 rings (SSSR count). The molecule has 2 N–H and O–H groups in total. The molecule has 0 saturated carbocycles. The fraction of sp³-hybridized carbons (Fsp3) is 0.435. The number of aliphatic carboxylic acids is 1. The molecule has 0 fully saturated rings. The Balaban J connectivity index is 1.73. The normalized spacial score (nSPS) is 12.4. The van der Waals surface area contributed by atoms with Gasteiger partial charge in [0, 0.05) is 38.0 Å². The van der Waals surface area contributed by atoms with Crippen molar-refractivity contribution in [2.24, 2.45) is 5.92 Å². The van der Waals surface area contributed by atoms with Gasteiger partial charge in [0.05, 0.1) is 18.2 Å². The van der Waals surface area contributed by atoms with Gasteiger partial charge in [0.25, 0.3) is 0 Å². The summed E-state index contributed by atoms with van der Waals surface area (Å²) in [5.74, 6) is -1.47. The summed E-state index contributed by atoms with van der Waals surface area (Å²) in [7, 11) is 0. The SMILES string of the molecule is CC(CN(CCc1nc2c(NCc3ncccc3F)nccc2o1)C(=O)OC(C)(C)C)C(=O)O. The third-order valence-corrected chi connectivity index (χ3v) is 4.77. The van der Waals surface area contributed by atoms with Gasteiger partial charge < -0.3 is 24.5 Å². The number of ether oxygens (including phenoxy) is 1. The third kappa shape index (κ3) is 6.63. The number of nitrogens with zero attached hydrogens (tertiary/aromatic N) is 4. The molecule has 34 heavy (non-hydrogen) atoms. The van der Waals surface area contributed by atoms with Crippen LogP contribution in [0.5, 0.6) is 0 Å². The first kappa shape index (κ1) is 24.9. The highest BCUT2D eigenvalue weighted by Gasteiger charge is 2.26. The zero-order chi connectivity index (χ0) is 24.9. The van der Waals surface area contributed by atoms with Gasteiger partial charge in [0.15, 0.2) is 22.8 Å². The molecule has 182 valence electrons. The van der Waals surface area contributed by atoms with Crippen molar-refractivity contribution in [1.29, 1.82) is 0 Å². The van der Waals surface area contributed by atoms with Crippen LogP contribution in [0.2, 0.25) is 0 Å². The van der Waals surface area contributed by atoms with Crippen LogP contribution in [0.4, 0.5) is 15.0 Å². The molecule has 10 nitrogen and oxygen atoms in total. The highest BCUT2D eigenvalue weighted by Crippen LogP contribution is 2.23. The first-order valence-corrected chi connectivity index (χ1v) is 10.8. The quantitative estimate of drug-likeness (QED) is 0.475. The zero-order valence-corrected chi connectivity index (χ0v) is 19.5. The van der Waals surface area contributed by atoms with Gasteiger partial charge in [-0.3, -0.25) is 9.78 Å². The second-order valence-electron chi connectivity index (χ2n) is 8.82. The van der Waals surface area contributed by atoms with Crippen LogP contribution in [0.3, 0.4) is 0 Å². The molecule has 0 aliphatic heterocycles. The number of carbonyl (C=O) groups excluding carboxylic acids is 1. The Morgan fingerprint density at radius 3 is 2.71 bits per heavy atom. The van der Waals surface area contributed by atoms with Gasteiger partial charge >= 0.3 is 12.1 Å². The van der Waals surface area contributed by atoms with E-state index in [2.05, 4.69) is 20.3 Å². The van der Waals surface area contributed by atoms with E-state index < -0.39 is 29.4 Å². The number of nitrogens with one attached hydrogen (secondary N) is 1. The van der Waals surface area contributed by atoms with Crippen molar-refractivity contribution in [1.82, 2.24) is 19.9 Å². The second kappa shape index (κ2) is 10.4. The minimum Gasteiger partial charge on any atom is -0.481 e. The van der Waals surface area contributed by atoms with Crippen molar-refractivity contribution in [2.75, 3.05) is 18.4 Å². The summed E-state index contributed by atoms with van der Waals surface area (Å²) in [4.78, 5) is 38.0. The predicted octanol–water partition coefficient (Wildman–Crippen LogP) is 3.87. The van der Waals surface area contributed by atoms with Gasteiger partial charge in [0.1, 0.15) is 11.4 Å². The number of anilines is 1. The molecule has 3 heterocycles. The van der Waals surface area contributed by atoms with Crippen molar-refractivity contribution >= 4 is 29.0 Å². The van der Waals surface area contributed by atoms with E-state index >= 15 is 0 Å². The van der Waals surface area contributed by atoms with Crippen LogP contribution in [0.25, 0.3) is 11.1 Å². The number of hydrogen-bond acceptors (Lipinski definition) is 8. The topological polar surface area (TPSA) is 131 Å². The Hall–Kier alpha value is -3.76. The summed E-state index contributed by atoms with van der Waals surface area (Å²) in [5.41, 5.74) is 0.442. The number of carbonyl (C=O) groups is 2. The van der Waals surface area contributed by atoms with E-state index in [4.69, 9.17) is 9.15 Å². The number of halogens is 1. The lowest BCUT2D eigenvalue weighted by molar-refractivity contribution is -0.141. The number of carboxylic acid groups (broad SMARTS) is 1. The Bertz CT molecular complexity index is 1160. The van der Waals surface area contributed by atoms with E-state index in [1.54, 1.807) is 26.8 Å². The summed E-state index contributed by atoms with van der Waals surface area (Å²) in [6, 6.07) is 4.49. The average molecular weight is 474 g/mol. The van der Waals surface area contributed by atoms with Crippen LogP contribution in [0.1, 0.15) is 39.3 Å². The molecule has 0 aliphatic carbocycles. The number of rotatable bonds is 9. The summed E-state index contributed by atoms with van der Waals surface area (Å²) >= 11 is 0. The molecule has 1 amide bonds. The molecule has 3 aromatic rings. The highest BCUT2D eigenvalue weighted by atomic mass is 19.1. The third-order valence-electron chi connectivity index (χ3n) is 4.77. The first-order chi connectivity index (χ1) is 16.0. The Morgan fingerprint density at radius 2 is 2.03 bits per heavy atom. The minimum atomic E-state index is -1.01. The van der Waals surface area contributed by atoms with Crippen molar-refractivity contribution in [3.05, 3.63) is 48.0 Å². The van der Waals surface area contributed by atoms with Gasteiger partial charge in [-0.15, -0.1) is 0 Å². The fourth-order valence-electron chi connectivity index (χ4n) is 3.08. The smallest absolute Gasteiger partial charge is 0.410 e. The maximum absolute atomic E-state index is 13.9. The van der Waals surface area contributed by atoms with E-state index in [1.165, 1.54) is 36.4 Å². The summed E-state index contributed by atoms with van der Waals surface area (Å²) in [6.45, 7) is 6.98. The number of oxazole rings is 1. The standard InChI is InChI=1S/C23H28FN5O5/c1-14(21(30)31)13-29(22(32)34-23(2,3)4)11-8-18-28-19-17(33-18)7-10-26-20(19)27-12-16-15(24)6-5-9-25-16/h5-7,9-10,14H,8,11-13H2,1-4H3,(H,26,27)(H,30,31). The van der Waals surface area contributed by atoms with Crippen molar-refractivity contribution < 1.29 is 28.2 Å². The van der Waals surface area contributed by atoms with Crippen LogP contribution in [0.15, 0.2) is 35.0 Å². The molecule has 0 bridgehead atoms. The largest absolute Gasteiger partial charge is 0.481 e. The molecule has 1 atom stereocenters. The number of fused-ring (bicyclic) bond motifs is 1. The van der Waals surface area contributed by atoms with E-state index in [1.807, 2.05) is 0 Å². The number of carboxylic acids is 1. The lowest BCUT2D eigenvalue weighted by Gasteiger charge is -2.28. The Morgan fingerprint density at radius 1 is 1.26 bits per heavy atom. The average Bonchev–Trinajstić information content (AvgIpc) is 3.18. The van der Waals surface area contributed by atoms with Gasteiger partial charge in [-0.25, -0.2) is 19.2 Å². The van der Waals surface area contributed by atoms with Crippen molar-refractivity contribution in [3.8, 4) is 0 Å². The van der Waals surface area contributed by atoms with Crippen LogP contribution in [0, 0.1) is 11.7 Å². The zero-order valence-electron chi connectivity index (χ0n) is 19.5. The van der Waals surface area contributed by atoms with Crippen molar-refractivity contribution in [2.45, 2.75) is 46.3 Å². The van der Waals surface area contributed by atoms with E-state index in [-0.39, 0.29) is 31.7 Å². The number of amides is 1. The molecular formula is C23H28FN5O5. The maximum Gasteiger partial charge on any atom is 0.410 e. The molecule has 0 aliphatic rings. The molecule has 0 spiro atoms. The van der Waals surface area contributed by atoms with Crippen LogP contribution < -0.4 is 5.32 Å². The molecule has 0 saturated heterocycles. The maximum atomic E-state index is 13.9. The fourth-order valence-corrected chi connectivity index (χ4v) is 3.08. The van der Waals surface area contributed by atoms with E-state index in [0.717, 1.165) is 0 Å². The van der Waals surface area contributed by atoms with Crippen molar-refractivity contribution in [3.63, 3.8) is 0 Å². The molecule has 11 heteroatoms. The predicted molar refractivity (Wildman–Crippen MR) is 122 cm³/mol. The van der Waals surface area contributed by atoms with E-state index in [9.17, 15) is 19.1 Å². The molecule has 1 unspecified atom stereocenters. The monoisotopic (exact) mass is 473 g/mol. The first-order valence-electron chi connectivity index (χ1n) is 10.8. The number of hydrogen-bond donors (Lipinski definition) is 2. The summed E-state index contributed by atoms with van der Waals surface area (Å²) in [5, 5.41) is 12.3. The van der Waals surface area contributed by atoms with Crippen LogP contribution in [-0.4, -0.2) is 55.7 Å². The van der Waals surface area contributed by atoms with Gasteiger partial charge in [-0.1, -0.05) is 6.92 Å². The second-order valence-corrected chi connectivity index (χ2v) is 8.82. The van der Waals surface area contributed by atoms with Crippen LogP contribution in [-0.2, 0) is 22.5 Å². The lowest BCUT2D eigenvalue weighted by Crippen LogP contribution is -2.41. The Kier molecular flexibility index (Phi) is 7.64. The minimum absolute atomic E-state index is 0.0194. The Labute approximate surface area is 196 Å². The number of aromatic nitrogens is 3. The van der Waals surface area contributed by atoms with Gasteiger partial charge in [-0.2, -0.15) is 0 Å². The lowest BCUT2D eigenvalue weighted by atomic mass is 10.1. The molecular weight excluding hydrogens is 445 g/mol. The summed E-state index contributed by atoms with van der Waals surface area (Å²) < 4.78 is 25.1. The molecule has 0 radical (unpaired) electrons. The molecule has 0 aromatic carbocycles. The van der Waals surface area contributed by atoms with E-state index in [0.29, 0.717) is 22.8 Å². The highest BCUT2D eigenvalue weighted by molar-refractivity contribution is 5.83. The van der Waals surface area contributed by atoms with Gasteiger partial charge in [0.2, 0.25) is 0 Å².